The first-order valence-corrected chi connectivity index (χ1v) is 6.73. The van der Waals surface area contributed by atoms with Crippen molar-refractivity contribution in [3.8, 4) is 6.07 Å². The largest absolute Gasteiger partial charge is 0.198 e. The van der Waals surface area contributed by atoms with Gasteiger partial charge in [0.1, 0.15) is 0 Å². The molecule has 0 bridgehead atoms. The van der Waals surface area contributed by atoms with E-state index in [0.717, 1.165) is 24.7 Å². The predicted octanol–water partition coefficient (Wildman–Crippen LogP) is 4.57. The van der Waals surface area contributed by atoms with E-state index in [0.29, 0.717) is 0 Å². The minimum atomic E-state index is 0.736. The number of nitriles is 1. The molecular formula is C16H21N. The number of benzene rings is 1. The lowest BCUT2D eigenvalue weighted by Crippen LogP contribution is -2.14. The van der Waals surface area contributed by atoms with Gasteiger partial charge in [-0.2, -0.15) is 5.26 Å². The maximum atomic E-state index is 8.61. The zero-order chi connectivity index (χ0) is 12.1. The lowest BCUT2D eigenvalue weighted by atomic mass is 9.76. The summed E-state index contributed by atoms with van der Waals surface area (Å²) in [6.07, 6.45) is 7.07. The van der Waals surface area contributed by atoms with Crippen LogP contribution in [0.1, 0.15) is 55.6 Å². The maximum Gasteiger partial charge on any atom is 0.0621 e. The molecule has 0 radical (unpaired) electrons. The number of nitrogens with zero attached hydrogens (tertiary/aromatic N) is 1. The van der Waals surface area contributed by atoms with Crippen LogP contribution in [0.25, 0.3) is 0 Å². The molecule has 0 spiro atoms. The summed E-state index contributed by atoms with van der Waals surface area (Å²) in [4.78, 5) is 0. The normalized spacial score (nSPS) is 24.2. The molecule has 2 rings (SSSR count). The fraction of sp³-hybridized carbons (Fsp3) is 0.562. The molecule has 90 valence electrons. The molecule has 1 aliphatic rings. The van der Waals surface area contributed by atoms with Gasteiger partial charge in [0, 0.05) is 6.42 Å². The van der Waals surface area contributed by atoms with E-state index < -0.39 is 0 Å². The monoisotopic (exact) mass is 227 g/mol. The highest BCUT2D eigenvalue weighted by molar-refractivity contribution is 5.29. The summed E-state index contributed by atoms with van der Waals surface area (Å²) in [5.41, 5.74) is 2.99. The van der Waals surface area contributed by atoms with Crippen LogP contribution < -0.4 is 0 Å². The molecule has 0 N–H and O–H groups in total. The molecule has 1 aliphatic carbocycles. The second-order valence-electron chi connectivity index (χ2n) is 5.27. The van der Waals surface area contributed by atoms with Gasteiger partial charge >= 0.3 is 0 Å². The van der Waals surface area contributed by atoms with E-state index >= 15 is 0 Å². The molecule has 1 fully saturated rings. The highest BCUT2D eigenvalue weighted by Crippen LogP contribution is 2.38. The Morgan fingerprint density at radius 3 is 2.53 bits per heavy atom. The Bertz CT molecular complexity index is 394. The summed E-state index contributed by atoms with van der Waals surface area (Å²) in [7, 11) is 0. The topological polar surface area (TPSA) is 23.8 Å². The molecule has 0 amide bonds. The Balaban J connectivity index is 1.91. The van der Waals surface area contributed by atoms with E-state index in [1.54, 1.807) is 5.56 Å². The Labute approximate surface area is 104 Å². The van der Waals surface area contributed by atoms with Gasteiger partial charge in [-0.05, 0) is 62.0 Å². The molecule has 1 heteroatoms. The molecule has 0 atom stereocenters. The van der Waals surface area contributed by atoms with Gasteiger partial charge in [-0.1, -0.05) is 24.3 Å². The van der Waals surface area contributed by atoms with Crippen molar-refractivity contribution in [1.29, 1.82) is 5.26 Å². The van der Waals surface area contributed by atoms with E-state index in [4.69, 9.17) is 5.26 Å². The van der Waals surface area contributed by atoms with E-state index in [2.05, 4.69) is 37.3 Å². The van der Waals surface area contributed by atoms with Crippen LogP contribution in [0.15, 0.2) is 24.3 Å². The lowest BCUT2D eigenvalue weighted by Gasteiger charge is -2.29. The minimum absolute atomic E-state index is 0.736. The SMILES string of the molecule is Cc1ccccc1C1CCC(CCC#N)CC1. The summed E-state index contributed by atoms with van der Waals surface area (Å²) in [6, 6.07) is 11.1. The van der Waals surface area contributed by atoms with Crippen molar-refractivity contribution in [2.24, 2.45) is 5.92 Å². The molecule has 1 aromatic rings. The number of aryl methyl sites for hydroxylation is 1. The Hall–Kier alpha value is -1.29. The van der Waals surface area contributed by atoms with Gasteiger partial charge in [0.15, 0.2) is 0 Å². The Morgan fingerprint density at radius 1 is 1.18 bits per heavy atom. The quantitative estimate of drug-likeness (QED) is 0.742. The third-order valence-electron chi connectivity index (χ3n) is 4.14. The van der Waals surface area contributed by atoms with Gasteiger partial charge in [-0.25, -0.2) is 0 Å². The molecule has 1 nitrogen and oxygen atoms in total. The van der Waals surface area contributed by atoms with Crippen molar-refractivity contribution in [2.45, 2.75) is 51.4 Å². The minimum Gasteiger partial charge on any atom is -0.198 e. The van der Waals surface area contributed by atoms with Gasteiger partial charge < -0.3 is 0 Å². The summed E-state index contributed by atoms with van der Waals surface area (Å²) in [5, 5.41) is 8.61. The second-order valence-corrected chi connectivity index (χ2v) is 5.27. The molecule has 0 unspecified atom stereocenters. The Morgan fingerprint density at radius 2 is 1.88 bits per heavy atom. The summed E-state index contributed by atoms with van der Waals surface area (Å²) in [6.45, 7) is 2.22. The van der Waals surface area contributed by atoms with Crippen LogP contribution in [0.3, 0.4) is 0 Å². The molecule has 0 aromatic heterocycles. The molecule has 1 aromatic carbocycles. The van der Waals surface area contributed by atoms with Crippen molar-refractivity contribution < 1.29 is 0 Å². The smallest absolute Gasteiger partial charge is 0.0621 e. The third kappa shape index (κ3) is 3.09. The molecular weight excluding hydrogens is 206 g/mol. The van der Waals surface area contributed by atoms with Crippen molar-refractivity contribution in [3.05, 3.63) is 35.4 Å². The van der Waals surface area contributed by atoms with E-state index in [1.165, 1.54) is 31.2 Å². The fourth-order valence-electron chi connectivity index (χ4n) is 3.08. The van der Waals surface area contributed by atoms with Crippen LogP contribution in [0.4, 0.5) is 0 Å². The van der Waals surface area contributed by atoms with Crippen LogP contribution in [0, 0.1) is 24.2 Å². The number of rotatable bonds is 3. The van der Waals surface area contributed by atoms with E-state index in [-0.39, 0.29) is 0 Å². The van der Waals surface area contributed by atoms with Crippen LogP contribution in [-0.4, -0.2) is 0 Å². The first kappa shape index (κ1) is 12.2. The Kier molecular flexibility index (Phi) is 4.20. The summed E-state index contributed by atoms with van der Waals surface area (Å²) >= 11 is 0. The van der Waals surface area contributed by atoms with E-state index in [1.807, 2.05) is 0 Å². The average molecular weight is 227 g/mol. The van der Waals surface area contributed by atoms with Crippen molar-refractivity contribution in [2.75, 3.05) is 0 Å². The highest BCUT2D eigenvalue weighted by Gasteiger charge is 2.22. The van der Waals surface area contributed by atoms with Crippen LogP contribution in [0.2, 0.25) is 0 Å². The summed E-state index contributed by atoms with van der Waals surface area (Å²) in [5.74, 6) is 1.56. The first-order chi connectivity index (χ1) is 8.31. The average Bonchev–Trinajstić information content (AvgIpc) is 2.38. The molecule has 0 heterocycles. The zero-order valence-electron chi connectivity index (χ0n) is 10.7. The van der Waals surface area contributed by atoms with Gasteiger partial charge in [0.05, 0.1) is 6.07 Å². The highest BCUT2D eigenvalue weighted by atomic mass is 14.3. The van der Waals surface area contributed by atoms with E-state index in [9.17, 15) is 0 Å². The van der Waals surface area contributed by atoms with Crippen molar-refractivity contribution >= 4 is 0 Å². The predicted molar refractivity (Wildman–Crippen MR) is 70.7 cm³/mol. The maximum absolute atomic E-state index is 8.61. The molecule has 1 saturated carbocycles. The van der Waals surface area contributed by atoms with Gasteiger partial charge in [-0.3, -0.25) is 0 Å². The van der Waals surface area contributed by atoms with Crippen LogP contribution in [-0.2, 0) is 0 Å². The first-order valence-electron chi connectivity index (χ1n) is 6.73. The van der Waals surface area contributed by atoms with Crippen molar-refractivity contribution in [1.82, 2.24) is 0 Å². The van der Waals surface area contributed by atoms with Crippen LogP contribution in [0.5, 0.6) is 0 Å². The van der Waals surface area contributed by atoms with Gasteiger partial charge in [-0.15, -0.1) is 0 Å². The molecule has 17 heavy (non-hydrogen) atoms. The second kappa shape index (κ2) is 5.87. The number of hydrogen-bond donors (Lipinski definition) is 0. The van der Waals surface area contributed by atoms with Gasteiger partial charge in [0.25, 0.3) is 0 Å². The molecule has 0 aliphatic heterocycles. The fourth-order valence-corrected chi connectivity index (χ4v) is 3.08. The van der Waals surface area contributed by atoms with Crippen molar-refractivity contribution in [3.63, 3.8) is 0 Å². The number of hydrogen-bond acceptors (Lipinski definition) is 1. The molecule has 0 saturated heterocycles. The third-order valence-corrected chi connectivity index (χ3v) is 4.14. The standard InChI is InChI=1S/C16H21N/c1-13-5-2-3-7-16(13)15-10-8-14(9-11-15)6-4-12-17/h2-3,5,7,14-15H,4,6,8-11H2,1H3. The van der Waals surface area contributed by atoms with Crippen LogP contribution >= 0.6 is 0 Å². The zero-order valence-corrected chi connectivity index (χ0v) is 10.7. The summed E-state index contributed by atoms with van der Waals surface area (Å²) < 4.78 is 0. The lowest BCUT2D eigenvalue weighted by molar-refractivity contribution is 0.312. The van der Waals surface area contributed by atoms with Gasteiger partial charge in [0.2, 0.25) is 0 Å².